The van der Waals surface area contributed by atoms with Gasteiger partial charge in [0.2, 0.25) is 0 Å². The molecule has 4 saturated carbocycles. The molecule has 0 aromatic carbocycles. The molecule has 1 unspecified atom stereocenters. The SMILES string of the molecule is CC(O)(CCC(=O)O)C12CC3CC(CC(C3)C1)C2. The molecule has 0 aromatic heterocycles. The highest BCUT2D eigenvalue weighted by Gasteiger charge is 2.58. The summed E-state index contributed by atoms with van der Waals surface area (Å²) in [4.78, 5) is 10.8. The van der Waals surface area contributed by atoms with Gasteiger partial charge < -0.3 is 10.2 Å². The van der Waals surface area contributed by atoms with E-state index in [4.69, 9.17) is 5.11 Å². The second-order valence-corrected chi connectivity index (χ2v) is 7.37. The fraction of sp³-hybridized carbons (Fsp3) is 0.933. The van der Waals surface area contributed by atoms with Crippen LogP contribution < -0.4 is 0 Å². The first-order chi connectivity index (χ1) is 8.40. The van der Waals surface area contributed by atoms with E-state index in [1.165, 1.54) is 19.3 Å². The second-order valence-electron chi connectivity index (χ2n) is 7.37. The Kier molecular flexibility index (Phi) is 2.74. The van der Waals surface area contributed by atoms with Crippen LogP contribution in [0.15, 0.2) is 0 Å². The minimum atomic E-state index is -0.792. The molecule has 102 valence electrons. The molecule has 0 aliphatic heterocycles. The molecule has 4 aliphatic carbocycles. The van der Waals surface area contributed by atoms with E-state index < -0.39 is 11.6 Å². The number of aliphatic hydroxyl groups is 1. The molecule has 0 aromatic rings. The van der Waals surface area contributed by atoms with Crippen molar-refractivity contribution in [3.63, 3.8) is 0 Å². The summed E-state index contributed by atoms with van der Waals surface area (Å²) in [5.74, 6) is 1.60. The molecule has 0 radical (unpaired) electrons. The lowest BCUT2D eigenvalue weighted by Crippen LogP contribution is -2.57. The number of hydrogen-bond donors (Lipinski definition) is 2. The van der Waals surface area contributed by atoms with Gasteiger partial charge in [0.05, 0.1) is 5.60 Å². The molecule has 3 heteroatoms. The van der Waals surface area contributed by atoms with E-state index in [1.807, 2.05) is 6.92 Å². The zero-order valence-corrected chi connectivity index (χ0v) is 11.2. The molecular formula is C15H24O3. The maximum Gasteiger partial charge on any atom is 0.303 e. The lowest BCUT2D eigenvalue weighted by atomic mass is 9.45. The third kappa shape index (κ3) is 1.87. The smallest absolute Gasteiger partial charge is 0.303 e. The largest absolute Gasteiger partial charge is 0.481 e. The molecule has 18 heavy (non-hydrogen) atoms. The number of carboxylic acids is 1. The summed E-state index contributed by atoms with van der Waals surface area (Å²) in [5, 5.41) is 19.7. The first-order valence-corrected chi connectivity index (χ1v) is 7.34. The van der Waals surface area contributed by atoms with Crippen LogP contribution in [0, 0.1) is 23.2 Å². The van der Waals surface area contributed by atoms with Gasteiger partial charge in [-0.15, -0.1) is 0 Å². The summed E-state index contributed by atoms with van der Waals surface area (Å²) in [6, 6.07) is 0. The van der Waals surface area contributed by atoms with Gasteiger partial charge in [-0.2, -0.15) is 0 Å². The van der Waals surface area contributed by atoms with E-state index in [0.717, 1.165) is 37.0 Å². The van der Waals surface area contributed by atoms with Crippen LogP contribution in [0.1, 0.15) is 58.3 Å². The molecule has 3 nitrogen and oxygen atoms in total. The predicted molar refractivity (Wildman–Crippen MR) is 68.1 cm³/mol. The standard InChI is InChI=1S/C15H24O3/c1-14(18,3-2-13(16)17)15-7-10-4-11(8-15)6-12(5-10)9-15/h10-12,18H,2-9H2,1H3,(H,16,17). The Labute approximate surface area is 109 Å². The van der Waals surface area contributed by atoms with Gasteiger partial charge in [-0.25, -0.2) is 0 Å². The number of rotatable bonds is 4. The van der Waals surface area contributed by atoms with Gasteiger partial charge in [0.1, 0.15) is 0 Å². The Bertz CT molecular complexity index is 323. The molecule has 0 amide bonds. The van der Waals surface area contributed by atoms with Crippen molar-refractivity contribution < 1.29 is 15.0 Å². The van der Waals surface area contributed by atoms with E-state index in [2.05, 4.69) is 0 Å². The van der Waals surface area contributed by atoms with Gasteiger partial charge in [0.25, 0.3) is 0 Å². The number of carboxylic acid groups (broad SMARTS) is 1. The Hall–Kier alpha value is -0.570. The van der Waals surface area contributed by atoms with Crippen LogP contribution in [0.3, 0.4) is 0 Å². The fourth-order valence-corrected chi connectivity index (χ4v) is 5.39. The molecule has 0 saturated heterocycles. The second kappa shape index (κ2) is 3.96. The molecule has 0 spiro atoms. The molecule has 2 N–H and O–H groups in total. The van der Waals surface area contributed by atoms with Gasteiger partial charge >= 0.3 is 5.97 Å². The van der Waals surface area contributed by atoms with Crippen LogP contribution in [0.4, 0.5) is 0 Å². The highest BCUT2D eigenvalue weighted by molar-refractivity contribution is 5.66. The summed E-state index contributed by atoms with van der Waals surface area (Å²) >= 11 is 0. The van der Waals surface area contributed by atoms with Crippen LogP contribution in [0.5, 0.6) is 0 Å². The Balaban J connectivity index is 1.79. The van der Waals surface area contributed by atoms with Crippen molar-refractivity contribution in [1.29, 1.82) is 0 Å². The zero-order valence-electron chi connectivity index (χ0n) is 11.2. The van der Waals surface area contributed by atoms with Crippen LogP contribution in [0.25, 0.3) is 0 Å². The third-order valence-electron chi connectivity index (χ3n) is 6.01. The van der Waals surface area contributed by atoms with E-state index in [-0.39, 0.29) is 11.8 Å². The Morgan fingerprint density at radius 3 is 2.00 bits per heavy atom. The zero-order chi connectivity index (χ0) is 13.0. The number of aliphatic carboxylic acids is 1. The topological polar surface area (TPSA) is 57.5 Å². The summed E-state index contributed by atoms with van der Waals surface area (Å²) in [6.45, 7) is 1.89. The molecule has 4 fully saturated rings. The van der Waals surface area contributed by atoms with Crippen LogP contribution in [-0.2, 0) is 4.79 Å². The Morgan fingerprint density at radius 1 is 1.17 bits per heavy atom. The van der Waals surface area contributed by atoms with Gasteiger partial charge in [-0.1, -0.05) is 0 Å². The lowest BCUT2D eigenvalue weighted by molar-refractivity contribution is -0.176. The highest BCUT2D eigenvalue weighted by Crippen LogP contribution is 2.64. The van der Waals surface area contributed by atoms with Gasteiger partial charge in [-0.3, -0.25) is 4.79 Å². The van der Waals surface area contributed by atoms with Crippen LogP contribution in [-0.4, -0.2) is 21.8 Å². The van der Waals surface area contributed by atoms with Crippen molar-refractivity contribution in [2.45, 2.75) is 63.9 Å². The average Bonchev–Trinajstić information content (AvgIpc) is 2.24. The highest BCUT2D eigenvalue weighted by atomic mass is 16.4. The molecule has 4 rings (SSSR count). The molecule has 4 bridgehead atoms. The summed E-state index contributed by atoms with van der Waals surface area (Å²) in [7, 11) is 0. The molecule has 1 atom stereocenters. The van der Waals surface area contributed by atoms with Crippen molar-refractivity contribution in [3.05, 3.63) is 0 Å². The first-order valence-electron chi connectivity index (χ1n) is 7.34. The van der Waals surface area contributed by atoms with Gasteiger partial charge in [0, 0.05) is 6.42 Å². The quantitative estimate of drug-likeness (QED) is 0.809. The maximum absolute atomic E-state index is 10.9. The van der Waals surface area contributed by atoms with E-state index >= 15 is 0 Å². The van der Waals surface area contributed by atoms with Crippen molar-refractivity contribution in [2.24, 2.45) is 23.2 Å². The van der Waals surface area contributed by atoms with Gasteiger partial charge in [0.15, 0.2) is 0 Å². The molecular weight excluding hydrogens is 228 g/mol. The van der Waals surface area contributed by atoms with Crippen molar-refractivity contribution in [1.82, 2.24) is 0 Å². The normalized spacial score (nSPS) is 44.9. The van der Waals surface area contributed by atoms with Crippen LogP contribution in [0.2, 0.25) is 0 Å². The minimum Gasteiger partial charge on any atom is -0.481 e. The fourth-order valence-electron chi connectivity index (χ4n) is 5.39. The first kappa shape index (κ1) is 12.5. The summed E-state index contributed by atoms with van der Waals surface area (Å²) < 4.78 is 0. The van der Waals surface area contributed by atoms with E-state index in [1.54, 1.807) is 0 Å². The van der Waals surface area contributed by atoms with E-state index in [0.29, 0.717) is 6.42 Å². The average molecular weight is 252 g/mol. The monoisotopic (exact) mass is 252 g/mol. The molecule has 4 aliphatic rings. The van der Waals surface area contributed by atoms with Crippen LogP contribution >= 0.6 is 0 Å². The lowest BCUT2D eigenvalue weighted by Gasteiger charge is -2.61. The minimum absolute atomic E-state index is 0.0250. The predicted octanol–water partition coefficient (Wildman–Crippen LogP) is 2.82. The van der Waals surface area contributed by atoms with Crippen molar-refractivity contribution >= 4 is 5.97 Å². The maximum atomic E-state index is 10.9. The van der Waals surface area contributed by atoms with E-state index in [9.17, 15) is 9.90 Å². The summed E-state index contributed by atoms with van der Waals surface area (Å²) in [5.41, 5.74) is -0.765. The Morgan fingerprint density at radius 2 is 1.61 bits per heavy atom. The summed E-state index contributed by atoms with van der Waals surface area (Å²) in [6.07, 6.45) is 7.96. The van der Waals surface area contributed by atoms with Crippen molar-refractivity contribution in [3.8, 4) is 0 Å². The molecule has 0 heterocycles. The van der Waals surface area contributed by atoms with Gasteiger partial charge in [-0.05, 0) is 75.0 Å². The van der Waals surface area contributed by atoms with Crippen molar-refractivity contribution in [2.75, 3.05) is 0 Å². The third-order valence-corrected chi connectivity index (χ3v) is 6.01. The number of carbonyl (C=O) groups is 1. The number of hydrogen-bond acceptors (Lipinski definition) is 2.